The Morgan fingerprint density at radius 1 is 1.48 bits per heavy atom. The van der Waals surface area contributed by atoms with Crippen LogP contribution >= 0.6 is 0 Å². The van der Waals surface area contributed by atoms with E-state index in [-0.39, 0.29) is 18.3 Å². The number of nitrogens with zero attached hydrogens (tertiary/aromatic N) is 2. The van der Waals surface area contributed by atoms with E-state index in [1.54, 1.807) is 0 Å². The molecule has 7 N–H and O–H groups in total. The van der Waals surface area contributed by atoms with Crippen LogP contribution in [0.15, 0.2) is 4.52 Å². The van der Waals surface area contributed by atoms with E-state index >= 15 is 0 Å². The minimum absolute atomic E-state index is 0.0344. The van der Waals surface area contributed by atoms with Crippen molar-refractivity contribution in [3.05, 3.63) is 11.7 Å². The van der Waals surface area contributed by atoms with Crippen LogP contribution in [0.5, 0.6) is 0 Å². The molecule has 11 nitrogen and oxygen atoms in total. The van der Waals surface area contributed by atoms with Gasteiger partial charge in [0.25, 0.3) is 0 Å². The van der Waals surface area contributed by atoms with Gasteiger partial charge in [0.05, 0.1) is 25.3 Å². The molecule has 0 saturated heterocycles. The van der Waals surface area contributed by atoms with Gasteiger partial charge in [-0.05, 0) is 6.92 Å². The minimum Gasteiger partial charge on any atom is -0.480 e. The number of carboxylic acid groups (broad SMARTS) is 1. The largest absolute Gasteiger partial charge is 0.480 e. The van der Waals surface area contributed by atoms with Crippen molar-refractivity contribution in [2.24, 2.45) is 5.73 Å². The van der Waals surface area contributed by atoms with Gasteiger partial charge in [-0.3, -0.25) is 0 Å². The SMILES string of the molecule is CC(O)C(N)c1noc(CNC(=O)NC(CO)C(=O)O)n1. The van der Waals surface area contributed by atoms with Crippen molar-refractivity contribution in [2.75, 3.05) is 6.61 Å². The van der Waals surface area contributed by atoms with Crippen LogP contribution in [0.1, 0.15) is 24.7 Å². The van der Waals surface area contributed by atoms with Gasteiger partial charge in [0.1, 0.15) is 0 Å². The lowest BCUT2D eigenvalue weighted by atomic mass is 10.2. The van der Waals surface area contributed by atoms with Gasteiger partial charge in [-0.15, -0.1) is 0 Å². The number of aromatic nitrogens is 2. The van der Waals surface area contributed by atoms with Gasteiger partial charge in [0.2, 0.25) is 5.89 Å². The molecule has 0 bridgehead atoms. The van der Waals surface area contributed by atoms with E-state index in [1.807, 2.05) is 5.32 Å². The number of amides is 2. The standard InChI is InChI=1S/C10H17N5O6/c1-4(17)7(11)8-14-6(21-15-8)2-12-10(20)13-5(3-16)9(18)19/h4-5,7,16-17H,2-3,11H2,1H3,(H,18,19)(H2,12,13,20). The van der Waals surface area contributed by atoms with Gasteiger partial charge >= 0.3 is 12.0 Å². The Balaban J connectivity index is 2.48. The summed E-state index contributed by atoms with van der Waals surface area (Å²) in [5, 5.41) is 34.5. The first-order valence-electron chi connectivity index (χ1n) is 5.99. The zero-order valence-corrected chi connectivity index (χ0v) is 11.2. The van der Waals surface area contributed by atoms with Gasteiger partial charge in [0.15, 0.2) is 11.9 Å². The Labute approximate surface area is 119 Å². The quantitative estimate of drug-likeness (QED) is 0.322. The molecule has 118 valence electrons. The van der Waals surface area contributed by atoms with Gasteiger partial charge in [-0.2, -0.15) is 4.98 Å². The van der Waals surface area contributed by atoms with Crippen molar-refractivity contribution >= 4 is 12.0 Å². The number of carbonyl (C=O) groups is 2. The third-order valence-corrected chi connectivity index (χ3v) is 2.49. The number of nitrogens with two attached hydrogens (primary N) is 1. The molecule has 0 aliphatic rings. The number of carbonyl (C=O) groups excluding carboxylic acids is 1. The molecule has 3 atom stereocenters. The maximum absolute atomic E-state index is 11.4. The fourth-order valence-corrected chi connectivity index (χ4v) is 1.24. The molecule has 11 heteroatoms. The van der Waals surface area contributed by atoms with E-state index in [1.165, 1.54) is 6.92 Å². The molecule has 1 aromatic rings. The highest BCUT2D eigenvalue weighted by molar-refractivity contribution is 5.82. The topological polar surface area (TPSA) is 184 Å². The highest BCUT2D eigenvalue weighted by atomic mass is 16.5. The van der Waals surface area contributed by atoms with Gasteiger partial charge in [-0.25, -0.2) is 9.59 Å². The molecule has 3 unspecified atom stereocenters. The number of aliphatic hydroxyl groups excluding tert-OH is 2. The molecule has 2 amide bonds. The molecular formula is C10H17N5O6. The Morgan fingerprint density at radius 2 is 2.14 bits per heavy atom. The molecule has 0 aromatic carbocycles. The third-order valence-electron chi connectivity index (χ3n) is 2.49. The van der Waals surface area contributed by atoms with Crippen LogP contribution in [0.25, 0.3) is 0 Å². The van der Waals surface area contributed by atoms with Gasteiger partial charge in [-0.1, -0.05) is 5.16 Å². The molecule has 1 aromatic heterocycles. The highest BCUT2D eigenvalue weighted by Gasteiger charge is 2.20. The van der Waals surface area contributed by atoms with Crippen molar-refractivity contribution in [2.45, 2.75) is 31.7 Å². The first-order chi connectivity index (χ1) is 9.85. The van der Waals surface area contributed by atoms with Crippen LogP contribution in [-0.2, 0) is 11.3 Å². The number of carboxylic acids is 1. The van der Waals surface area contributed by atoms with Gasteiger partial charge in [0, 0.05) is 0 Å². The predicted molar refractivity (Wildman–Crippen MR) is 66.8 cm³/mol. The van der Waals surface area contributed by atoms with Crippen LogP contribution in [0.2, 0.25) is 0 Å². The smallest absolute Gasteiger partial charge is 0.328 e. The average Bonchev–Trinajstić information content (AvgIpc) is 2.89. The molecule has 1 rings (SSSR count). The lowest BCUT2D eigenvalue weighted by molar-refractivity contribution is -0.140. The van der Waals surface area contributed by atoms with Crippen molar-refractivity contribution < 1.29 is 29.4 Å². The first-order valence-corrected chi connectivity index (χ1v) is 5.99. The number of hydrogen-bond donors (Lipinski definition) is 6. The molecular weight excluding hydrogens is 286 g/mol. The second-order valence-electron chi connectivity index (χ2n) is 4.21. The molecule has 1 heterocycles. The number of aliphatic hydroxyl groups is 2. The summed E-state index contributed by atoms with van der Waals surface area (Å²) in [6.45, 7) is 0.563. The summed E-state index contributed by atoms with van der Waals surface area (Å²) in [4.78, 5) is 25.9. The molecule has 0 fully saturated rings. The minimum atomic E-state index is -1.41. The van der Waals surface area contributed by atoms with E-state index in [2.05, 4.69) is 15.5 Å². The highest BCUT2D eigenvalue weighted by Crippen LogP contribution is 2.10. The summed E-state index contributed by atoms with van der Waals surface area (Å²) >= 11 is 0. The Kier molecular flexibility index (Phi) is 6.02. The van der Waals surface area contributed by atoms with E-state index < -0.39 is 36.8 Å². The summed E-state index contributed by atoms with van der Waals surface area (Å²) in [7, 11) is 0. The van der Waals surface area contributed by atoms with E-state index in [0.29, 0.717) is 0 Å². The molecule has 0 spiro atoms. The number of urea groups is 1. The monoisotopic (exact) mass is 303 g/mol. The Morgan fingerprint density at radius 3 is 2.67 bits per heavy atom. The predicted octanol–water partition coefficient (Wildman–Crippen LogP) is -2.31. The Bertz CT molecular complexity index is 490. The molecule has 0 radical (unpaired) electrons. The number of hydrogen-bond acceptors (Lipinski definition) is 8. The normalized spacial score (nSPS) is 15.0. The maximum atomic E-state index is 11.4. The summed E-state index contributed by atoms with van der Waals surface area (Å²) in [6.07, 6.45) is -0.868. The van der Waals surface area contributed by atoms with Crippen LogP contribution in [-0.4, -0.2) is 56.2 Å². The molecule has 0 saturated carbocycles. The van der Waals surface area contributed by atoms with E-state index in [9.17, 15) is 14.7 Å². The lowest BCUT2D eigenvalue weighted by Gasteiger charge is -2.11. The number of rotatable bonds is 7. The van der Waals surface area contributed by atoms with Crippen LogP contribution in [0, 0.1) is 0 Å². The zero-order chi connectivity index (χ0) is 16.0. The first kappa shape index (κ1) is 16.8. The van der Waals surface area contributed by atoms with Crippen molar-refractivity contribution in [1.29, 1.82) is 0 Å². The lowest BCUT2D eigenvalue weighted by Crippen LogP contribution is -2.47. The summed E-state index contributed by atoms with van der Waals surface area (Å²) in [6, 6.07) is -3.05. The van der Waals surface area contributed by atoms with Crippen LogP contribution < -0.4 is 16.4 Å². The van der Waals surface area contributed by atoms with Crippen molar-refractivity contribution in [3.63, 3.8) is 0 Å². The van der Waals surface area contributed by atoms with Crippen molar-refractivity contribution in [1.82, 2.24) is 20.8 Å². The summed E-state index contributed by atoms with van der Waals surface area (Å²) in [5.74, 6) is -1.25. The molecule has 21 heavy (non-hydrogen) atoms. The van der Waals surface area contributed by atoms with Gasteiger partial charge < -0.3 is 36.2 Å². The number of aliphatic carboxylic acids is 1. The van der Waals surface area contributed by atoms with Crippen LogP contribution in [0.4, 0.5) is 4.79 Å². The van der Waals surface area contributed by atoms with Crippen LogP contribution in [0.3, 0.4) is 0 Å². The second-order valence-corrected chi connectivity index (χ2v) is 4.21. The third kappa shape index (κ3) is 4.98. The summed E-state index contributed by atoms with van der Waals surface area (Å²) in [5.41, 5.74) is 5.60. The fourth-order valence-electron chi connectivity index (χ4n) is 1.24. The van der Waals surface area contributed by atoms with E-state index in [4.69, 9.17) is 20.5 Å². The summed E-state index contributed by atoms with van der Waals surface area (Å²) < 4.78 is 4.80. The zero-order valence-electron chi connectivity index (χ0n) is 11.2. The average molecular weight is 303 g/mol. The fraction of sp³-hybridized carbons (Fsp3) is 0.600. The van der Waals surface area contributed by atoms with Crippen molar-refractivity contribution in [3.8, 4) is 0 Å². The van der Waals surface area contributed by atoms with E-state index in [0.717, 1.165) is 0 Å². The number of nitrogens with one attached hydrogen (secondary N) is 2. The maximum Gasteiger partial charge on any atom is 0.328 e. The molecule has 0 aliphatic carbocycles. The Hall–Kier alpha value is -2.24. The second kappa shape index (κ2) is 7.52. The molecule has 0 aliphatic heterocycles.